The van der Waals surface area contributed by atoms with E-state index in [4.69, 9.17) is 4.74 Å². The van der Waals surface area contributed by atoms with E-state index in [1.54, 1.807) is 30.3 Å². The van der Waals surface area contributed by atoms with Gasteiger partial charge in [-0.2, -0.15) is 5.10 Å². The number of hydrazone groups is 1. The highest BCUT2D eigenvalue weighted by atomic mass is 79.9. The largest absolute Gasteiger partial charge is 0.421 e. The zero-order valence-electron chi connectivity index (χ0n) is 15.8. The summed E-state index contributed by atoms with van der Waals surface area (Å²) in [5.41, 5.74) is 2.66. The SMILES string of the molecule is O=C(N/N=C\c1cc([N+](=O)[O-])cc(Br)c1OC(=O)c1ccc(Br)cc1)c1cncc(Br)c1. The summed E-state index contributed by atoms with van der Waals surface area (Å²) in [6, 6.07) is 10.4. The number of pyridine rings is 1. The Hall–Kier alpha value is -2.96. The van der Waals surface area contributed by atoms with E-state index in [1.165, 1.54) is 24.5 Å². The maximum atomic E-state index is 12.5. The lowest BCUT2D eigenvalue weighted by Crippen LogP contribution is -2.18. The van der Waals surface area contributed by atoms with Gasteiger partial charge in [0, 0.05) is 39.0 Å². The molecule has 0 spiro atoms. The van der Waals surface area contributed by atoms with Gasteiger partial charge in [0.1, 0.15) is 0 Å². The van der Waals surface area contributed by atoms with E-state index in [9.17, 15) is 19.7 Å². The van der Waals surface area contributed by atoms with Crippen molar-refractivity contribution < 1.29 is 19.2 Å². The number of amides is 1. The Balaban J connectivity index is 1.88. The lowest BCUT2D eigenvalue weighted by Gasteiger charge is -2.10. The number of nitrogens with zero attached hydrogens (tertiary/aromatic N) is 3. The number of esters is 1. The summed E-state index contributed by atoms with van der Waals surface area (Å²) < 4.78 is 7.02. The van der Waals surface area contributed by atoms with Gasteiger partial charge < -0.3 is 4.74 Å². The lowest BCUT2D eigenvalue weighted by atomic mass is 10.2. The monoisotopic (exact) mass is 624 g/mol. The Morgan fingerprint density at radius 1 is 1.03 bits per heavy atom. The van der Waals surface area contributed by atoms with Crippen molar-refractivity contribution in [2.75, 3.05) is 0 Å². The van der Waals surface area contributed by atoms with Crippen LogP contribution in [-0.2, 0) is 0 Å². The van der Waals surface area contributed by atoms with Crippen LogP contribution in [0.5, 0.6) is 5.75 Å². The average molecular weight is 627 g/mol. The number of aromatic nitrogens is 1. The fourth-order valence-corrected chi connectivity index (χ4v) is 3.58. The molecule has 3 aromatic rings. The Kier molecular flexibility index (Phi) is 7.83. The molecule has 0 aliphatic carbocycles. The highest BCUT2D eigenvalue weighted by molar-refractivity contribution is 9.11. The van der Waals surface area contributed by atoms with Gasteiger partial charge in [0.05, 0.1) is 26.7 Å². The first kappa shape index (κ1) is 23.7. The number of non-ortho nitro benzene ring substituents is 1. The predicted molar refractivity (Wildman–Crippen MR) is 127 cm³/mol. The van der Waals surface area contributed by atoms with Gasteiger partial charge in [0.2, 0.25) is 0 Å². The fraction of sp³-hybridized carbons (Fsp3) is 0. The molecule has 0 saturated heterocycles. The van der Waals surface area contributed by atoms with Crippen molar-refractivity contribution in [3.05, 3.63) is 95.1 Å². The number of benzene rings is 2. The first-order chi connectivity index (χ1) is 15.2. The molecule has 3 rings (SSSR count). The van der Waals surface area contributed by atoms with Crippen LogP contribution in [0.3, 0.4) is 0 Å². The van der Waals surface area contributed by atoms with Gasteiger partial charge in [-0.1, -0.05) is 15.9 Å². The van der Waals surface area contributed by atoms with Crippen molar-refractivity contribution in [2.45, 2.75) is 0 Å². The van der Waals surface area contributed by atoms with Crippen LogP contribution < -0.4 is 10.2 Å². The molecule has 9 nitrogen and oxygen atoms in total. The second-order valence-corrected chi connectivity index (χ2v) is 8.78. The normalized spacial score (nSPS) is 10.7. The quantitative estimate of drug-likeness (QED) is 0.131. The molecular formula is C20H11Br3N4O5. The molecule has 32 heavy (non-hydrogen) atoms. The van der Waals surface area contributed by atoms with Crippen LogP contribution in [0.1, 0.15) is 26.3 Å². The summed E-state index contributed by atoms with van der Waals surface area (Å²) in [5, 5.41) is 15.1. The Labute approximate surface area is 206 Å². The smallest absolute Gasteiger partial charge is 0.343 e. The first-order valence-electron chi connectivity index (χ1n) is 8.64. The molecule has 1 amide bonds. The minimum absolute atomic E-state index is 0.00522. The van der Waals surface area contributed by atoms with Gasteiger partial charge in [-0.25, -0.2) is 10.2 Å². The number of carbonyl (C=O) groups is 2. The molecule has 0 fully saturated rings. The van der Waals surface area contributed by atoms with Gasteiger partial charge in [-0.15, -0.1) is 0 Å². The van der Waals surface area contributed by atoms with Crippen LogP contribution in [0.2, 0.25) is 0 Å². The zero-order chi connectivity index (χ0) is 23.3. The van der Waals surface area contributed by atoms with Crippen LogP contribution in [0.15, 0.2) is 73.4 Å². The predicted octanol–water partition coefficient (Wildman–Crippen LogP) is 5.26. The minimum Gasteiger partial charge on any atom is -0.421 e. The number of nitrogens with one attached hydrogen (secondary N) is 1. The van der Waals surface area contributed by atoms with Gasteiger partial charge >= 0.3 is 5.97 Å². The van der Waals surface area contributed by atoms with E-state index in [-0.39, 0.29) is 32.6 Å². The molecule has 1 aromatic heterocycles. The van der Waals surface area contributed by atoms with Crippen molar-refractivity contribution in [1.82, 2.24) is 10.4 Å². The van der Waals surface area contributed by atoms with Gasteiger partial charge in [0.15, 0.2) is 5.75 Å². The molecular weight excluding hydrogens is 616 g/mol. The maximum absolute atomic E-state index is 12.5. The lowest BCUT2D eigenvalue weighted by molar-refractivity contribution is -0.385. The topological polar surface area (TPSA) is 124 Å². The van der Waals surface area contributed by atoms with Crippen molar-refractivity contribution >= 4 is 71.6 Å². The molecule has 0 aliphatic rings. The minimum atomic E-state index is -0.675. The third kappa shape index (κ3) is 6.05. The van der Waals surface area contributed by atoms with E-state index in [0.717, 1.165) is 10.7 Å². The standard InChI is InChI=1S/C20H11Br3N4O5/c21-14-3-1-11(2-4-14)20(29)32-18-12(6-16(27(30)31)7-17(18)23)9-25-26-19(28)13-5-15(22)10-24-8-13/h1-10H,(H,26,28)/b25-9-. The van der Waals surface area contributed by atoms with E-state index in [2.05, 4.69) is 63.3 Å². The number of nitro benzene ring substituents is 1. The summed E-state index contributed by atoms with van der Waals surface area (Å²) in [7, 11) is 0. The van der Waals surface area contributed by atoms with E-state index >= 15 is 0 Å². The van der Waals surface area contributed by atoms with Gasteiger partial charge in [-0.3, -0.25) is 19.9 Å². The molecule has 1 heterocycles. The summed E-state index contributed by atoms with van der Waals surface area (Å²) in [6.45, 7) is 0. The number of carbonyl (C=O) groups excluding carboxylic acids is 2. The molecule has 162 valence electrons. The number of hydrogen-bond donors (Lipinski definition) is 1. The Morgan fingerprint density at radius 3 is 2.41 bits per heavy atom. The van der Waals surface area contributed by atoms with Crippen molar-refractivity contribution in [3.8, 4) is 5.75 Å². The van der Waals surface area contributed by atoms with E-state index in [0.29, 0.717) is 4.47 Å². The molecule has 1 N–H and O–H groups in total. The molecule has 0 bridgehead atoms. The second kappa shape index (κ2) is 10.6. The number of rotatable bonds is 6. The third-order valence-electron chi connectivity index (χ3n) is 3.88. The highest BCUT2D eigenvalue weighted by Crippen LogP contribution is 2.33. The molecule has 0 atom stereocenters. The van der Waals surface area contributed by atoms with Crippen LogP contribution in [0.25, 0.3) is 0 Å². The summed E-state index contributed by atoms with van der Waals surface area (Å²) in [6.07, 6.45) is 4.02. The average Bonchev–Trinajstić information content (AvgIpc) is 2.75. The molecule has 0 saturated carbocycles. The molecule has 0 radical (unpaired) electrons. The van der Waals surface area contributed by atoms with Crippen molar-refractivity contribution in [1.29, 1.82) is 0 Å². The van der Waals surface area contributed by atoms with Crippen molar-refractivity contribution in [3.63, 3.8) is 0 Å². The zero-order valence-corrected chi connectivity index (χ0v) is 20.5. The van der Waals surface area contributed by atoms with Crippen LogP contribution >= 0.6 is 47.8 Å². The number of ether oxygens (including phenoxy) is 1. The Bertz CT molecular complexity index is 1230. The first-order valence-corrected chi connectivity index (χ1v) is 11.0. The third-order valence-corrected chi connectivity index (χ3v) is 5.43. The summed E-state index contributed by atoms with van der Waals surface area (Å²) in [5.74, 6) is -1.22. The Morgan fingerprint density at radius 2 is 1.75 bits per heavy atom. The fourth-order valence-electron chi connectivity index (χ4n) is 2.41. The molecule has 12 heteroatoms. The number of hydrogen-bond acceptors (Lipinski definition) is 7. The summed E-state index contributed by atoms with van der Waals surface area (Å²) >= 11 is 9.70. The van der Waals surface area contributed by atoms with E-state index < -0.39 is 16.8 Å². The molecule has 0 unspecified atom stereocenters. The van der Waals surface area contributed by atoms with Gasteiger partial charge in [0.25, 0.3) is 11.6 Å². The molecule has 0 aliphatic heterocycles. The summed E-state index contributed by atoms with van der Waals surface area (Å²) in [4.78, 5) is 39.3. The van der Waals surface area contributed by atoms with Crippen molar-refractivity contribution in [2.24, 2.45) is 5.10 Å². The number of nitro groups is 1. The number of halogens is 3. The highest BCUT2D eigenvalue weighted by Gasteiger charge is 2.19. The van der Waals surface area contributed by atoms with Crippen LogP contribution in [0.4, 0.5) is 5.69 Å². The maximum Gasteiger partial charge on any atom is 0.343 e. The van der Waals surface area contributed by atoms with Gasteiger partial charge in [-0.05, 0) is 62.2 Å². The van der Waals surface area contributed by atoms with Crippen LogP contribution in [0, 0.1) is 10.1 Å². The molecule has 2 aromatic carbocycles. The second-order valence-electron chi connectivity index (χ2n) is 6.09. The van der Waals surface area contributed by atoms with Crippen LogP contribution in [-0.4, -0.2) is 28.0 Å². The van der Waals surface area contributed by atoms with E-state index in [1.807, 2.05) is 0 Å².